The van der Waals surface area contributed by atoms with Gasteiger partial charge in [0.1, 0.15) is 0 Å². The second-order valence-electron chi connectivity index (χ2n) is 3.97. The summed E-state index contributed by atoms with van der Waals surface area (Å²) >= 11 is 0. The van der Waals surface area contributed by atoms with E-state index in [4.69, 9.17) is 0 Å². The molecule has 2 N–H and O–H groups in total. The average Bonchev–Trinajstić information content (AvgIpc) is 2.99. The molecule has 1 aromatic carbocycles. The molecule has 0 heterocycles. The van der Waals surface area contributed by atoms with Gasteiger partial charge in [0.25, 0.3) is 0 Å². The molecule has 0 saturated heterocycles. The highest BCUT2D eigenvalue weighted by Gasteiger charge is 2.19. The Bertz CT molecular complexity index is 292. The van der Waals surface area contributed by atoms with Crippen molar-refractivity contribution in [3.63, 3.8) is 0 Å². The summed E-state index contributed by atoms with van der Waals surface area (Å²) in [5.74, 6) is 0. The van der Waals surface area contributed by atoms with Crippen LogP contribution in [0.3, 0.4) is 0 Å². The molecule has 0 spiro atoms. The van der Waals surface area contributed by atoms with E-state index < -0.39 is 0 Å². The number of hydrogen-bond acceptors (Lipinski definition) is 2. The number of rotatable bonds is 5. The molecule has 2 rings (SSSR count). The van der Waals surface area contributed by atoms with Crippen LogP contribution in [0.25, 0.3) is 0 Å². The lowest BCUT2D eigenvalue weighted by atomic mass is 10.2. The van der Waals surface area contributed by atoms with E-state index in [0.717, 1.165) is 19.1 Å². The molecule has 2 heteroatoms. The largest absolute Gasteiger partial charge is 0.384 e. The summed E-state index contributed by atoms with van der Waals surface area (Å²) in [6, 6.07) is 9.23. The SMILES string of the molecule is Cc1ccccc1NCCNC1CC1. The minimum absolute atomic E-state index is 0.814. The topological polar surface area (TPSA) is 24.1 Å². The third-order valence-corrected chi connectivity index (χ3v) is 2.60. The van der Waals surface area contributed by atoms with E-state index in [9.17, 15) is 0 Å². The molecule has 1 aromatic rings. The first kappa shape index (κ1) is 9.53. The first-order valence-corrected chi connectivity index (χ1v) is 5.39. The van der Waals surface area contributed by atoms with E-state index in [0.29, 0.717) is 0 Å². The summed E-state index contributed by atoms with van der Waals surface area (Å²) in [5.41, 5.74) is 2.57. The third kappa shape index (κ3) is 2.74. The normalized spacial score (nSPS) is 15.5. The predicted octanol–water partition coefficient (Wildman–Crippen LogP) is 2.16. The number of para-hydroxylation sites is 1. The fraction of sp³-hybridized carbons (Fsp3) is 0.500. The summed E-state index contributed by atoms with van der Waals surface area (Å²) in [4.78, 5) is 0. The second kappa shape index (κ2) is 4.47. The molecular formula is C12H18N2. The highest BCUT2D eigenvalue weighted by atomic mass is 15.0. The zero-order valence-corrected chi connectivity index (χ0v) is 8.72. The van der Waals surface area contributed by atoms with Crippen LogP contribution in [-0.2, 0) is 0 Å². The van der Waals surface area contributed by atoms with Crippen molar-refractivity contribution < 1.29 is 0 Å². The van der Waals surface area contributed by atoms with Crippen LogP contribution >= 0.6 is 0 Å². The summed E-state index contributed by atoms with van der Waals surface area (Å²) in [5, 5.41) is 6.92. The summed E-state index contributed by atoms with van der Waals surface area (Å²) in [6.07, 6.45) is 2.73. The molecule has 0 aromatic heterocycles. The molecule has 1 saturated carbocycles. The molecule has 0 bridgehead atoms. The molecule has 0 amide bonds. The lowest BCUT2D eigenvalue weighted by Gasteiger charge is -2.09. The lowest BCUT2D eigenvalue weighted by Crippen LogP contribution is -2.24. The Morgan fingerprint density at radius 1 is 1.21 bits per heavy atom. The third-order valence-electron chi connectivity index (χ3n) is 2.60. The van der Waals surface area contributed by atoms with Gasteiger partial charge in [-0.2, -0.15) is 0 Å². The van der Waals surface area contributed by atoms with Gasteiger partial charge in [0.2, 0.25) is 0 Å². The number of benzene rings is 1. The quantitative estimate of drug-likeness (QED) is 0.695. The van der Waals surface area contributed by atoms with E-state index in [1.807, 2.05) is 0 Å². The van der Waals surface area contributed by atoms with Crippen molar-refractivity contribution in [3.05, 3.63) is 29.8 Å². The summed E-state index contributed by atoms with van der Waals surface area (Å²) in [6.45, 7) is 4.22. The van der Waals surface area contributed by atoms with Crippen LogP contribution < -0.4 is 10.6 Å². The van der Waals surface area contributed by atoms with Gasteiger partial charge in [-0.25, -0.2) is 0 Å². The summed E-state index contributed by atoms with van der Waals surface area (Å²) in [7, 11) is 0. The van der Waals surface area contributed by atoms with Gasteiger partial charge < -0.3 is 10.6 Å². The monoisotopic (exact) mass is 190 g/mol. The van der Waals surface area contributed by atoms with Crippen molar-refractivity contribution >= 4 is 5.69 Å². The van der Waals surface area contributed by atoms with Gasteiger partial charge in [0.05, 0.1) is 0 Å². The highest BCUT2D eigenvalue weighted by molar-refractivity contribution is 5.50. The Morgan fingerprint density at radius 3 is 2.71 bits per heavy atom. The van der Waals surface area contributed by atoms with Gasteiger partial charge in [-0.15, -0.1) is 0 Å². The van der Waals surface area contributed by atoms with E-state index in [2.05, 4.69) is 41.8 Å². The zero-order valence-electron chi connectivity index (χ0n) is 8.72. The Balaban J connectivity index is 1.71. The first-order valence-electron chi connectivity index (χ1n) is 5.39. The molecule has 0 radical (unpaired) electrons. The molecule has 0 unspecified atom stereocenters. The van der Waals surface area contributed by atoms with Gasteiger partial charge >= 0.3 is 0 Å². The van der Waals surface area contributed by atoms with Crippen LogP contribution in [0, 0.1) is 6.92 Å². The molecule has 1 aliphatic carbocycles. The Kier molecular flexibility index (Phi) is 3.04. The minimum Gasteiger partial charge on any atom is -0.384 e. The van der Waals surface area contributed by atoms with Gasteiger partial charge in [0, 0.05) is 24.8 Å². The average molecular weight is 190 g/mol. The smallest absolute Gasteiger partial charge is 0.0370 e. The van der Waals surface area contributed by atoms with Crippen LogP contribution in [0.4, 0.5) is 5.69 Å². The molecular weight excluding hydrogens is 172 g/mol. The van der Waals surface area contributed by atoms with Crippen molar-refractivity contribution in [2.45, 2.75) is 25.8 Å². The standard InChI is InChI=1S/C12H18N2/c1-10-4-2-3-5-12(10)14-9-8-13-11-6-7-11/h2-5,11,13-14H,6-9H2,1H3. The van der Waals surface area contributed by atoms with Gasteiger partial charge in [0.15, 0.2) is 0 Å². The molecule has 1 aliphatic rings. The second-order valence-corrected chi connectivity index (χ2v) is 3.97. The maximum atomic E-state index is 3.48. The van der Waals surface area contributed by atoms with Gasteiger partial charge in [-0.05, 0) is 31.4 Å². The number of anilines is 1. The predicted molar refractivity (Wildman–Crippen MR) is 60.7 cm³/mol. The highest BCUT2D eigenvalue weighted by Crippen LogP contribution is 2.18. The maximum absolute atomic E-state index is 3.48. The van der Waals surface area contributed by atoms with Gasteiger partial charge in [-0.1, -0.05) is 18.2 Å². The van der Waals surface area contributed by atoms with Crippen molar-refractivity contribution in [2.75, 3.05) is 18.4 Å². The number of hydrogen-bond donors (Lipinski definition) is 2. The van der Waals surface area contributed by atoms with E-state index in [1.54, 1.807) is 0 Å². The van der Waals surface area contributed by atoms with Crippen molar-refractivity contribution in [1.29, 1.82) is 0 Å². The molecule has 14 heavy (non-hydrogen) atoms. The van der Waals surface area contributed by atoms with Crippen LogP contribution in [0.1, 0.15) is 18.4 Å². The number of aryl methyl sites for hydroxylation is 1. The molecule has 0 atom stereocenters. The van der Waals surface area contributed by atoms with Crippen LogP contribution in [0.5, 0.6) is 0 Å². The van der Waals surface area contributed by atoms with Crippen LogP contribution in [0.2, 0.25) is 0 Å². The van der Waals surface area contributed by atoms with Crippen molar-refractivity contribution in [3.8, 4) is 0 Å². The Labute approximate surface area is 85.7 Å². The minimum atomic E-state index is 0.814. The Hall–Kier alpha value is -1.02. The van der Waals surface area contributed by atoms with Crippen LogP contribution in [-0.4, -0.2) is 19.1 Å². The Morgan fingerprint density at radius 2 is 2.00 bits per heavy atom. The van der Waals surface area contributed by atoms with E-state index >= 15 is 0 Å². The lowest BCUT2D eigenvalue weighted by molar-refractivity contribution is 0.701. The molecule has 2 nitrogen and oxygen atoms in total. The molecule has 76 valence electrons. The molecule has 0 aliphatic heterocycles. The first-order chi connectivity index (χ1) is 6.86. The zero-order chi connectivity index (χ0) is 9.80. The summed E-state index contributed by atoms with van der Waals surface area (Å²) < 4.78 is 0. The van der Waals surface area contributed by atoms with Gasteiger partial charge in [-0.3, -0.25) is 0 Å². The van der Waals surface area contributed by atoms with Crippen molar-refractivity contribution in [2.24, 2.45) is 0 Å². The number of nitrogens with one attached hydrogen (secondary N) is 2. The van der Waals surface area contributed by atoms with E-state index in [1.165, 1.54) is 24.1 Å². The van der Waals surface area contributed by atoms with E-state index in [-0.39, 0.29) is 0 Å². The van der Waals surface area contributed by atoms with Crippen LogP contribution in [0.15, 0.2) is 24.3 Å². The fourth-order valence-corrected chi connectivity index (χ4v) is 1.53. The molecule has 1 fully saturated rings. The van der Waals surface area contributed by atoms with Crippen molar-refractivity contribution in [1.82, 2.24) is 5.32 Å². The maximum Gasteiger partial charge on any atom is 0.0370 e. The fourth-order valence-electron chi connectivity index (χ4n) is 1.53.